The smallest absolute Gasteiger partial charge is 0.255 e. The first kappa shape index (κ1) is 20.9. The third-order valence-corrected chi connectivity index (χ3v) is 6.99. The Morgan fingerprint density at radius 1 is 1.06 bits per heavy atom. The number of aromatic amines is 1. The van der Waals surface area contributed by atoms with Crippen molar-refractivity contribution in [3.8, 4) is 11.1 Å². The first-order valence-electron chi connectivity index (χ1n) is 11.4. The van der Waals surface area contributed by atoms with E-state index < -0.39 is 0 Å². The minimum Gasteiger partial charge on any atom is -0.333 e. The van der Waals surface area contributed by atoms with Crippen molar-refractivity contribution in [2.75, 3.05) is 0 Å². The lowest BCUT2D eigenvalue weighted by atomic mass is 9.99. The van der Waals surface area contributed by atoms with Crippen LogP contribution in [0.3, 0.4) is 0 Å². The Balaban J connectivity index is 1.70. The first-order chi connectivity index (χ1) is 16.5. The molecule has 1 N–H and O–H groups in total. The number of fused-ring (bicyclic) bond motifs is 3. The normalized spacial score (nSPS) is 13.0. The number of Topliss-reactive ketones (excluding diaryl/α,β-unsaturated/α-hetero) is 1. The molecule has 0 saturated carbocycles. The molecule has 5 nitrogen and oxygen atoms in total. The van der Waals surface area contributed by atoms with Gasteiger partial charge < -0.3 is 9.55 Å². The number of H-pyrrole nitrogens is 1. The van der Waals surface area contributed by atoms with Crippen LogP contribution in [-0.2, 0) is 19.4 Å². The molecule has 0 saturated heterocycles. The predicted molar refractivity (Wildman–Crippen MR) is 136 cm³/mol. The Bertz CT molecular complexity index is 1680. The highest BCUT2D eigenvalue weighted by atomic mass is 35.5. The molecule has 2 aromatic carbocycles. The summed E-state index contributed by atoms with van der Waals surface area (Å²) in [5, 5.41) is 2.34. The minimum atomic E-state index is -0.207. The number of hydrogen-bond acceptors (Lipinski definition) is 3. The quantitative estimate of drug-likeness (QED) is 0.263. The van der Waals surface area contributed by atoms with Gasteiger partial charge in [-0.05, 0) is 72.4 Å². The molecule has 0 atom stereocenters. The Kier molecular flexibility index (Phi) is 4.89. The maximum atomic E-state index is 13.1. The van der Waals surface area contributed by atoms with Crippen molar-refractivity contribution in [1.29, 1.82) is 0 Å². The van der Waals surface area contributed by atoms with Crippen LogP contribution in [0.5, 0.6) is 0 Å². The van der Waals surface area contributed by atoms with Gasteiger partial charge in [0, 0.05) is 47.1 Å². The Morgan fingerprint density at radius 3 is 2.65 bits per heavy atom. The molecular weight excluding hydrogens is 446 g/mol. The van der Waals surface area contributed by atoms with Gasteiger partial charge in [0.15, 0.2) is 5.78 Å². The van der Waals surface area contributed by atoms with Gasteiger partial charge in [0.2, 0.25) is 0 Å². The van der Waals surface area contributed by atoms with Gasteiger partial charge in [-0.3, -0.25) is 9.59 Å². The minimum absolute atomic E-state index is 0.0842. The highest BCUT2D eigenvalue weighted by Gasteiger charge is 2.26. The van der Waals surface area contributed by atoms with Gasteiger partial charge in [-0.1, -0.05) is 29.8 Å². The predicted octanol–water partition coefficient (Wildman–Crippen LogP) is 5.94. The number of para-hydroxylation sites is 1. The van der Waals surface area contributed by atoms with Crippen molar-refractivity contribution in [2.24, 2.45) is 0 Å². The van der Waals surface area contributed by atoms with E-state index in [0.717, 1.165) is 46.6 Å². The number of carbonyl (C=O) groups is 1. The second-order valence-corrected chi connectivity index (χ2v) is 9.28. The molecule has 0 unspecified atom stereocenters. The number of pyridine rings is 2. The molecule has 3 heterocycles. The Labute approximate surface area is 201 Å². The molecule has 6 rings (SSSR count). The van der Waals surface area contributed by atoms with Crippen LogP contribution in [0.15, 0.2) is 65.6 Å². The molecule has 34 heavy (non-hydrogen) atoms. The number of halogens is 1. The average Bonchev–Trinajstić information content (AvgIpc) is 3.40. The van der Waals surface area contributed by atoms with Gasteiger partial charge in [-0.25, -0.2) is 4.98 Å². The first-order valence-corrected chi connectivity index (χ1v) is 11.8. The van der Waals surface area contributed by atoms with E-state index in [-0.39, 0.29) is 11.3 Å². The van der Waals surface area contributed by atoms with E-state index in [1.54, 1.807) is 25.3 Å². The molecule has 1 aliphatic carbocycles. The third kappa shape index (κ3) is 3.27. The molecule has 0 amide bonds. The van der Waals surface area contributed by atoms with Crippen molar-refractivity contribution in [3.63, 3.8) is 0 Å². The number of rotatable bonds is 4. The van der Waals surface area contributed by atoms with E-state index in [9.17, 15) is 9.59 Å². The van der Waals surface area contributed by atoms with E-state index in [1.807, 2.05) is 30.3 Å². The van der Waals surface area contributed by atoms with Gasteiger partial charge in [0.05, 0.1) is 11.2 Å². The van der Waals surface area contributed by atoms with Crippen LogP contribution in [0, 0.1) is 0 Å². The van der Waals surface area contributed by atoms with Crippen LogP contribution < -0.4 is 5.56 Å². The second-order valence-electron chi connectivity index (χ2n) is 8.89. The van der Waals surface area contributed by atoms with E-state index >= 15 is 0 Å². The van der Waals surface area contributed by atoms with Crippen molar-refractivity contribution < 1.29 is 4.79 Å². The fourth-order valence-corrected chi connectivity index (χ4v) is 5.57. The van der Waals surface area contributed by atoms with Crippen LogP contribution in [-0.4, -0.2) is 20.3 Å². The number of aryl methyl sites for hydroxylation is 2. The van der Waals surface area contributed by atoms with Crippen molar-refractivity contribution >= 4 is 39.2 Å². The van der Waals surface area contributed by atoms with E-state index in [0.29, 0.717) is 28.5 Å². The van der Waals surface area contributed by atoms with E-state index in [4.69, 9.17) is 11.6 Å². The fraction of sp³-hybridized carbons (Fsp3) is 0.179. The maximum absolute atomic E-state index is 13.1. The number of nitrogens with zero attached hydrogens (tertiary/aromatic N) is 2. The zero-order valence-electron chi connectivity index (χ0n) is 18.7. The lowest BCUT2D eigenvalue weighted by molar-refractivity contribution is 0.101. The van der Waals surface area contributed by atoms with Crippen LogP contribution in [0.25, 0.3) is 32.9 Å². The average molecular weight is 468 g/mol. The largest absolute Gasteiger partial charge is 0.333 e. The summed E-state index contributed by atoms with van der Waals surface area (Å²) >= 11 is 6.38. The highest BCUT2D eigenvalue weighted by Crippen LogP contribution is 2.38. The van der Waals surface area contributed by atoms with Gasteiger partial charge in [-0.2, -0.15) is 0 Å². The second kappa shape index (κ2) is 7.96. The van der Waals surface area contributed by atoms with Gasteiger partial charge in [0.25, 0.3) is 5.56 Å². The number of ketones is 1. The lowest BCUT2D eigenvalue weighted by Crippen LogP contribution is -2.12. The summed E-state index contributed by atoms with van der Waals surface area (Å²) in [6.07, 6.45) is 4.77. The molecule has 6 heteroatoms. The van der Waals surface area contributed by atoms with E-state index in [2.05, 4.69) is 26.7 Å². The summed E-state index contributed by atoms with van der Waals surface area (Å²) in [6, 6.07) is 17.7. The summed E-state index contributed by atoms with van der Waals surface area (Å²) in [6.45, 7) is 2.01. The summed E-state index contributed by atoms with van der Waals surface area (Å²) < 4.78 is 2.05. The molecule has 1 aliphatic rings. The molecule has 3 aromatic heterocycles. The molecular formula is C28H22ClN3O2. The number of carbonyl (C=O) groups excluding carboxylic acids is 1. The van der Waals surface area contributed by atoms with Crippen LogP contribution in [0.1, 0.15) is 40.5 Å². The molecule has 0 bridgehead atoms. The molecule has 0 radical (unpaired) electrons. The van der Waals surface area contributed by atoms with Crippen molar-refractivity contribution in [3.05, 3.63) is 98.7 Å². The van der Waals surface area contributed by atoms with Crippen LogP contribution in [0.2, 0.25) is 5.15 Å². The lowest BCUT2D eigenvalue weighted by Gasteiger charge is -2.13. The SMILES string of the molecule is CC(=O)c1c(-c2ccc[nH]c2=O)c2cc3c(cc2n1Cc1cc(Cl)nc2ccccc12)CCC3. The van der Waals surface area contributed by atoms with E-state index in [1.165, 1.54) is 11.1 Å². The molecule has 0 fully saturated rings. The highest BCUT2D eigenvalue weighted by molar-refractivity contribution is 6.30. The number of nitrogens with one attached hydrogen (secondary N) is 1. The third-order valence-electron chi connectivity index (χ3n) is 6.80. The number of hydrogen-bond donors (Lipinski definition) is 1. The summed E-state index contributed by atoms with van der Waals surface area (Å²) in [5.74, 6) is -0.0842. The zero-order valence-corrected chi connectivity index (χ0v) is 19.4. The number of benzene rings is 2. The van der Waals surface area contributed by atoms with Gasteiger partial charge in [-0.15, -0.1) is 0 Å². The maximum Gasteiger partial charge on any atom is 0.255 e. The monoisotopic (exact) mass is 467 g/mol. The molecule has 0 spiro atoms. The Morgan fingerprint density at radius 2 is 1.85 bits per heavy atom. The standard InChI is InChI=1S/C28H22ClN3O2/c1-16(33)27-26(21-9-5-11-30-28(21)34)22-12-17-6-4-7-18(17)13-24(22)32(27)15-19-14-25(29)31-23-10-3-2-8-20(19)23/h2-3,5,8-14H,4,6-7,15H2,1H3,(H,30,34). The topological polar surface area (TPSA) is 67.8 Å². The molecule has 5 aromatic rings. The van der Waals surface area contributed by atoms with Crippen LogP contribution in [0.4, 0.5) is 0 Å². The summed E-state index contributed by atoms with van der Waals surface area (Å²) in [5.41, 5.74) is 6.89. The fourth-order valence-electron chi connectivity index (χ4n) is 5.35. The summed E-state index contributed by atoms with van der Waals surface area (Å²) in [4.78, 5) is 33.2. The molecule has 0 aliphatic heterocycles. The van der Waals surface area contributed by atoms with Crippen molar-refractivity contribution in [2.45, 2.75) is 32.7 Å². The van der Waals surface area contributed by atoms with Gasteiger partial charge in [0.1, 0.15) is 5.15 Å². The zero-order chi connectivity index (χ0) is 23.4. The molecule has 168 valence electrons. The van der Waals surface area contributed by atoms with Gasteiger partial charge >= 0.3 is 0 Å². The Hall–Kier alpha value is -3.70. The van der Waals surface area contributed by atoms with Crippen LogP contribution >= 0.6 is 11.6 Å². The number of aromatic nitrogens is 3. The summed E-state index contributed by atoms with van der Waals surface area (Å²) in [7, 11) is 0. The van der Waals surface area contributed by atoms with Crippen molar-refractivity contribution in [1.82, 2.24) is 14.5 Å².